The molecule has 32 heavy (non-hydrogen) atoms. The Morgan fingerprint density at radius 3 is 2.06 bits per heavy atom. The van der Waals surface area contributed by atoms with Crippen molar-refractivity contribution in [1.29, 1.82) is 0 Å². The fraction of sp³-hybridized carbons (Fsp3) is 0.269. The van der Waals surface area contributed by atoms with E-state index in [1.807, 2.05) is 87.5 Å². The molecule has 0 fully saturated rings. The van der Waals surface area contributed by atoms with Crippen LogP contribution in [0.3, 0.4) is 0 Å². The van der Waals surface area contributed by atoms with Crippen LogP contribution < -0.4 is 4.74 Å². The number of ether oxygens (including phenoxy) is 2. The summed E-state index contributed by atoms with van der Waals surface area (Å²) in [5.41, 5.74) is 0.694. The van der Waals surface area contributed by atoms with Crippen LogP contribution in [0.4, 0.5) is 4.79 Å². The van der Waals surface area contributed by atoms with E-state index in [4.69, 9.17) is 9.47 Å². The van der Waals surface area contributed by atoms with Crippen LogP contribution in [0.2, 0.25) is 0 Å². The first kappa shape index (κ1) is 23.5. The standard InChI is InChI=1S/C26H29NO4S/c1-26(2,3)27(19-20-7-5-4-6-8-20)25(29)31-18-17-30-22-11-15-24(16-12-22)32-23-13-9-21(28)10-14-23/h4-16,28H,17-19H2,1-3H3. The van der Waals surface area contributed by atoms with Gasteiger partial charge in [-0.1, -0.05) is 42.1 Å². The molecule has 3 aromatic rings. The molecule has 6 heteroatoms. The molecule has 1 N–H and O–H groups in total. The summed E-state index contributed by atoms with van der Waals surface area (Å²) < 4.78 is 11.2. The first-order valence-corrected chi connectivity index (χ1v) is 11.3. The van der Waals surface area contributed by atoms with Crippen molar-refractivity contribution < 1.29 is 19.4 Å². The molecular formula is C26H29NO4S. The van der Waals surface area contributed by atoms with Crippen molar-refractivity contribution in [1.82, 2.24) is 4.90 Å². The molecule has 0 heterocycles. The molecule has 0 radical (unpaired) electrons. The molecule has 0 spiro atoms. The average Bonchev–Trinajstić information content (AvgIpc) is 2.77. The van der Waals surface area contributed by atoms with Crippen LogP contribution in [-0.4, -0.2) is 34.9 Å². The van der Waals surface area contributed by atoms with Crippen LogP contribution in [0.25, 0.3) is 0 Å². The lowest BCUT2D eigenvalue weighted by Gasteiger charge is -2.34. The third-order valence-electron chi connectivity index (χ3n) is 4.69. The van der Waals surface area contributed by atoms with Crippen LogP contribution in [0.1, 0.15) is 26.3 Å². The Morgan fingerprint density at radius 2 is 1.47 bits per heavy atom. The molecule has 0 bridgehead atoms. The fourth-order valence-electron chi connectivity index (χ4n) is 2.96. The van der Waals surface area contributed by atoms with E-state index in [0.717, 1.165) is 15.4 Å². The maximum absolute atomic E-state index is 12.7. The number of rotatable bonds is 8. The maximum atomic E-state index is 12.7. The van der Waals surface area contributed by atoms with Crippen molar-refractivity contribution in [3.8, 4) is 11.5 Å². The highest BCUT2D eigenvalue weighted by molar-refractivity contribution is 7.99. The lowest BCUT2D eigenvalue weighted by molar-refractivity contribution is 0.0549. The Morgan fingerprint density at radius 1 is 0.875 bits per heavy atom. The molecule has 0 aliphatic heterocycles. The Bertz CT molecular complexity index is 983. The zero-order valence-corrected chi connectivity index (χ0v) is 19.5. The van der Waals surface area contributed by atoms with Gasteiger partial charge < -0.3 is 14.6 Å². The monoisotopic (exact) mass is 451 g/mol. The molecule has 0 unspecified atom stereocenters. The normalized spacial score (nSPS) is 11.1. The van der Waals surface area contributed by atoms with Gasteiger partial charge in [-0.2, -0.15) is 0 Å². The second-order valence-electron chi connectivity index (χ2n) is 8.27. The number of phenolic OH excluding ortho intramolecular Hbond substituents is 1. The number of nitrogens with zero attached hydrogens (tertiary/aromatic N) is 1. The first-order valence-electron chi connectivity index (χ1n) is 10.5. The fourth-order valence-corrected chi connectivity index (χ4v) is 3.78. The van der Waals surface area contributed by atoms with Crippen molar-refractivity contribution in [2.24, 2.45) is 0 Å². The van der Waals surface area contributed by atoms with E-state index in [1.165, 1.54) is 0 Å². The molecule has 0 saturated heterocycles. The van der Waals surface area contributed by atoms with Gasteiger partial charge in [-0.15, -0.1) is 0 Å². The molecular weight excluding hydrogens is 422 g/mol. The number of aromatic hydroxyl groups is 1. The van der Waals surface area contributed by atoms with E-state index in [1.54, 1.807) is 28.8 Å². The van der Waals surface area contributed by atoms with Gasteiger partial charge in [-0.05, 0) is 74.9 Å². The molecule has 5 nitrogen and oxygen atoms in total. The Balaban J connectivity index is 1.46. The van der Waals surface area contributed by atoms with Crippen molar-refractivity contribution >= 4 is 17.9 Å². The molecule has 1 amide bonds. The maximum Gasteiger partial charge on any atom is 0.410 e. The molecule has 3 aromatic carbocycles. The number of benzene rings is 3. The number of hydrogen-bond acceptors (Lipinski definition) is 5. The summed E-state index contributed by atoms with van der Waals surface area (Å²) in [6.07, 6.45) is -0.356. The van der Waals surface area contributed by atoms with Crippen LogP contribution in [0, 0.1) is 0 Å². The van der Waals surface area contributed by atoms with E-state index in [0.29, 0.717) is 12.3 Å². The van der Waals surface area contributed by atoms with Gasteiger partial charge in [0.2, 0.25) is 0 Å². The lowest BCUT2D eigenvalue weighted by atomic mass is 10.1. The third kappa shape index (κ3) is 7.24. The molecule has 0 aromatic heterocycles. The predicted molar refractivity (Wildman–Crippen MR) is 127 cm³/mol. The van der Waals surface area contributed by atoms with Gasteiger partial charge in [0, 0.05) is 21.9 Å². The molecule has 168 valence electrons. The van der Waals surface area contributed by atoms with Gasteiger partial charge in [0.05, 0.1) is 0 Å². The largest absolute Gasteiger partial charge is 0.508 e. The predicted octanol–water partition coefficient (Wildman–Crippen LogP) is 6.36. The van der Waals surface area contributed by atoms with E-state index < -0.39 is 0 Å². The van der Waals surface area contributed by atoms with Crippen molar-refractivity contribution in [3.63, 3.8) is 0 Å². The van der Waals surface area contributed by atoms with E-state index in [-0.39, 0.29) is 30.6 Å². The first-order chi connectivity index (χ1) is 15.3. The second kappa shape index (κ2) is 11.0. The Kier molecular flexibility index (Phi) is 8.06. The summed E-state index contributed by atoms with van der Waals surface area (Å²) in [5, 5.41) is 9.37. The van der Waals surface area contributed by atoms with Gasteiger partial charge in [0.15, 0.2) is 0 Å². The Labute approximate surface area is 194 Å². The van der Waals surface area contributed by atoms with E-state index in [9.17, 15) is 9.90 Å². The number of hydrogen-bond donors (Lipinski definition) is 1. The molecule has 0 aliphatic rings. The van der Waals surface area contributed by atoms with E-state index >= 15 is 0 Å². The third-order valence-corrected chi connectivity index (χ3v) is 5.70. The number of carbonyl (C=O) groups excluding carboxylic acids is 1. The van der Waals surface area contributed by atoms with Crippen molar-refractivity contribution in [3.05, 3.63) is 84.4 Å². The minimum atomic E-state index is -0.362. The second-order valence-corrected chi connectivity index (χ2v) is 9.42. The molecule has 0 aliphatic carbocycles. The van der Waals surface area contributed by atoms with Crippen LogP contribution >= 0.6 is 11.8 Å². The SMILES string of the molecule is CC(C)(C)N(Cc1ccccc1)C(=O)OCCOc1ccc(Sc2ccc(O)cc2)cc1. The van der Waals surface area contributed by atoms with Gasteiger partial charge in [0.25, 0.3) is 0 Å². The summed E-state index contributed by atoms with van der Waals surface area (Å²) >= 11 is 1.60. The van der Waals surface area contributed by atoms with E-state index in [2.05, 4.69) is 0 Å². The number of phenols is 1. The van der Waals surface area contributed by atoms with Gasteiger partial charge >= 0.3 is 6.09 Å². The van der Waals surface area contributed by atoms with Crippen LogP contribution in [0.5, 0.6) is 11.5 Å². The summed E-state index contributed by atoms with van der Waals surface area (Å²) in [5.74, 6) is 0.970. The quantitative estimate of drug-likeness (QED) is 0.404. The molecule has 0 saturated carbocycles. The average molecular weight is 452 g/mol. The summed E-state index contributed by atoms with van der Waals surface area (Å²) in [7, 11) is 0. The minimum absolute atomic E-state index is 0.171. The van der Waals surface area contributed by atoms with Crippen LogP contribution in [0.15, 0.2) is 88.7 Å². The van der Waals surface area contributed by atoms with Crippen molar-refractivity contribution in [2.45, 2.75) is 42.6 Å². The topological polar surface area (TPSA) is 59.0 Å². The summed E-state index contributed by atoms with van der Waals surface area (Å²) in [4.78, 5) is 16.5. The lowest BCUT2D eigenvalue weighted by Crippen LogP contribution is -2.45. The summed E-state index contributed by atoms with van der Waals surface area (Å²) in [6.45, 7) is 6.91. The zero-order valence-electron chi connectivity index (χ0n) is 18.7. The van der Waals surface area contributed by atoms with Crippen LogP contribution in [-0.2, 0) is 11.3 Å². The smallest absolute Gasteiger partial charge is 0.410 e. The highest BCUT2D eigenvalue weighted by atomic mass is 32.2. The van der Waals surface area contributed by atoms with Gasteiger partial charge in [0.1, 0.15) is 24.7 Å². The number of carbonyl (C=O) groups is 1. The Hall–Kier alpha value is -3.12. The summed E-state index contributed by atoms with van der Waals surface area (Å²) in [6, 6.07) is 24.7. The molecule has 0 atom stereocenters. The number of amides is 1. The molecule has 3 rings (SSSR count). The van der Waals surface area contributed by atoms with Gasteiger partial charge in [-0.25, -0.2) is 4.79 Å². The van der Waals surface area contributed by atoms with Crippen molar-refractivity contribution in [2.75, 3.05) is 13.2 Å². The highest BCUT2D eigenvalue weighted by Gasteiger charge is 2.27. The van der Waals surface area contributed by atoms with Gasteiger partial charge in [-0.3, -0.25) is 4.90 Å². The zero-order chi connectivity index (χ0) is 23.0. The minimum Gasteiger partial charge on any atom is -0.508 e. The highest BCUT2D eigenvalue weighted by Crippen LogP contribution is 2.30.